The minimum atomic E-state index is -1.58. The highest BCUT2D eigenvalue weighted by molar-refractivity contribution is 5.81. The molecule has 1 aliphatic carbocycles. The summed E-state index contributed by atoms with van der Waals surface area (Å²) >= 11 is 0. The number of likely N-dealkylation sites (tertiary alicyclic amines) is 1. The van der Waals surface area contributed by atoms with Gasteiger partial charge < -0.3 is 14.7 Å². The lowest BCUT2D eigenvalue weighted by Crippen LogP contribution is -2.44. The summed E-state index contributed by atoms with van der Waals surface area (Å²) in [6.45, 7) is 3.50. The van der Waals surface area contributed by atoms with Crippen LogP contribution in [0, 0.1) is 5.92 Å². The predicted octanol–water partition coefficient (Wildman–Crippen LogP) is 4.66. The molecule has 1 aromatic heterocycles. The van der Waals surface area contributed by atoms with Gasteiger partial charge in [-0.05, 0) is 69.4 Å². The molecule has 2 aromatic rings. The Bertz CT molecular complexity index is 832. The average molecular weight is 437 g/mol. The van der Waals surface area contributed by atoms with E-state index >= 15 is 0 Å². The minimum Gasteiger partial charge on any atom is -0.463 e. The molecule has 2 fully saturated rings. The van der Waals surface area contributed by atoms with Crippen LogP contribution in [0.2, 0.25) is 0 Å². The maximum atomic E-state index is 13.4. The highest BCUT2D eigenvalue weighted by Crippen LogP contribution is 2.41. The van der Waals surface area contributed by atoms with Gasteiger partial charge in [-0.2, -0.15) is 0 Å². The van der Waals surface area contributed by atoms with E-state index < -0.39 is 11.6 Å². The fourth-order valence-corrected chi connectivity index (χ4v) is 5.30. The Morgan fingerprint density at radius 3 is 2.44 bits per heavy atom. The molecule has 1 N–H and O–H groups in total. The van der Waals surface area contributed by atoms with Gasteiger partial charge in [0, 0.05) is 23.7 Å². The van der Waals surface area contributed by atoms with Gasteiger partial charge in [-0.15, -0.1) is 0 Å². The first-order valence-corrected chi connectivity index (χ1v) is 12.3. The van der Waals surface area contributed by atoms with Crippen molar-refractivity contribution in [2.45, 2.75) is 62.9 Å². The van der Waals surface area contributed by atoms with E-state index in [0.717, 1.165) is 57.4 Å². The van der Waals surface area contributed by atoms with Crippen LogP contribution < -0.4 is 0 Å². The number of pyridine rings is 1. The number of ether oxygens (including phenoxy) is 1. The monoisotopic (exact) mass is 436 g/mol. The molecule has 2 atom stereocenters. The first-order chi connectivity index (χ1) is 15.7. The molecular formula is C27H36N2O3. The van der Waals surface area contributed by atoms with Crippen molar-refractivity contribution in [3.05, 3.63) is 66.0 Å². The maximum Gasteiger partial charge on any atom is 0.343 e. The van der Waals surface area contributed by atoms with Crippen LogP contribution in [0.4, 0.5) is 0 Å². The highest BCUT2D eigenvalue weighted by atomic mass is 16.5. The van der Waals surface area contributed by atoms with Gasteiger partial charge in [0.25, 0.3) is 0 Å². The molecule has 0 spiro atoms. The molecule has 2 aliphatic rings. The summed E-state index contributed by atoms with van der Waals surface area (Å²) in [4.78, 5) is 20.4. The smallest absolute Gasteiger partial charge is 0.343 e. The van der Waals surface area contributed by atoms with E-state index in [4.69, 9.17) is 4.74 Å². The lowest BCUT2D eigenvalue weighted by Gasteiger charge is -2.33. The number of hydrogen-bond donors (Lipinski definition) is 1. The Morgan fingerprint density at radius 1 is 1.03 bits per heavy atom. The van der Waals surface area contributed by atoms with Crippen LogP contribution in [0.1, 0.15) is 68.5 Å². The SMILES string of the molecule is O=C(OC[C@H](CCN1CCCCC1)c1ccccn1)C(O)(c1ccccc1)C1CCCC1. The molecule has 1 saturated carbocycles. The van der Waals surface area contributed by atoms with Crippen molar-refractivity contribution in [1.29, 1.82) is 0 Å². The first kappa shape index (κ1) is 22.9. The van der Waals surface area contributed by atoms with E-state index in [9.17, 15) is 9.90 Å². The Morgan fingerprint density at radius 2 is 1.75 bits per heavy atom. The van der Waals surface area contributed by atoms with Crippen molar-refractivity contribution in [3.63, 3.8) is 0 Å². The number of piperidine rings is 1. The normalized spacial score (nSPS) is 20.5. The molecule has 1 aliphatic heterocycles. The molecule has 5 heteroatoms. The van der Waals surface area contributed by atoms with Crippen LogP contribution >= 0.6 is 0 Å². The van der Waals surface area contributed by atoms with Crippen LogP contribution in [-0.2, 0) is 15.1 Å². The number of aliphatic hydroxyl groups is 1. The predicted molar refractivity (Wildman–Crippen MR) is 125 cm³/mol. The second-order valence-corrected chi connectivity index (χ2v) is 9.35. The van der Waals surface area contributed by atoms with Crippen LogP contribution in [0.5, 0.6) is 0 Å². The van der Waals surface area contributed by atoms with E-state index in [1.807, 2.05) is 48.5 Å². The summed E-state index contributed by atoms with van der Waals surface area (Å²) in [5, 5.41) is 11.7. The lowest BCUT2D eigenvalue weighted by molar-refractivity contribution is -0.174. The molecule has 32 heavy (non-hydrogen) atoms. The van der Waals surface area contributed by atoms with Crippen molar-refractivity contribution in [2.24, 2.45) is 5.92 Å². The van der Waals surface area contributed by atoms with Crippen LogP contribution in [0.3, 0.4) is 0 Å². The van der Waals surface area contributed by atoms with Gasteiger partial charge in [0.15, 0.2) is 5.60 Å². The average Bonchev–Trinajstić information content (AvgIpc) is 3.41. The second-order valence-electron chi connectivity index (χ2n) is 9.35. The van der Waals surface area contributed by atoms with Crippen LogP contribution in [0.25, 0.3) is 0 Å². The third kappa shape index (κ3) is 5.38. The molecule has 0 radical (unpaired) electrons. The van der Waals surface area contributed by atoms with Gasteiger partial charge in [0.05, 0.1) is 6.61 Å². The summed E-state index contributed by atoms with van der Waals surface area (Å²) in [6, 6.07) is 15.2. The van der Waals surface area contributed by atoms with Crippen molar-refractivity contribution in [1.82, 2.24) is 9.88 Å². The molecule has 1 aromatic carbocycles. The number of benzene rings is 1. The quantitative estimate of drug-likeness (QED) is 0.579. The van der Waals surface area contributed by atoms with E-state index in [0.29, 0.717) is 5.56 Å². The molecule has 172 valence electrons. The molecule has 1 unspecified atom stereocenters. The Kier molecular flexibility index (Phi) is 7.93. The molecule has 4 rings (SSSR count). The van der Waals surface area contributed by atoms with Gasteiger partial charge in [-0.25, -0.2) is 4.79 Å². The van der Waals surface area contributed by atoms with Gasteiger partial charge in [0.2, 0.25) is 0 Å². The fraction of sp³-hybridized carbons (Fsp3) is 0.556. The van der Waals surface area contributed by atoms with E-state index in [-0.39, 0.29) is 18.4 Å². The zero-order chi connectivity index (χ0) is 22.2. The number of hydrogen-bond acceptors (Lipinski definition) is 5. The molecule has 0 amide bonds. The highest BCUT2D eigenvalue weighted by Gasteiger charge is 2.48. The first-order valence-electron chi connectivity index (χ1n) is 12.3. The Balaban J connectivity index is 1.47. The van der Waals surface area contributed by atoms with Crippen molar-refractivity contribution in [3.8, 4) is 0 Å². The molecule has 0 bridgehead atoms. The zero-order valence-corrected chi connectivity index (χ0v) is 19.0. The summed E-state index contributed by atoms with van der Waals surface area (Å²) in [5.74, 6) is -0.598. The molecule has 1 saturated heterocycles. The summed E-state index contributed by atoms with van der Waals surface area (Å²) in [7, 11) is 0. The third-order valence-electron chi connectivity index (χ3n) is 7.24. The summed E-state index contributed by atoms with van der Waals surface area (Å²) in [6.07, 6.45) is 10.3. The minimum absolute atomic E-state index is 0.0191. The summed E-state index contributed by atoms with van der Waals surface area (Å²) in [5.41, 5.74) is 0.000255. The number of carbonyl (C=O) groups is 1. The number of esters is 1. The van der Waals surface area contributed by atoms with Gasteiger partial charge in [-0.3, -0.25) is 4.98 Å². The van der Waals surface area contributed by atoms with Gasteiger partial charge in [-0.1, -0.05) is 55.7 Å². The Labute approximate surface area is 191 Å². The van der Waals surface area contributed by atoms with Crippen LogP contribution in [-0.4, -0.2) is 47.2 Å². The molecular weight excluding hydrogens is 400 g/mol. The number of rotatable bonds is 9. The van der Waals surface area contributed by atoms with Crippen LogP contribution in [0.15, 0.2) is 54.7 Å². The standard InChI is InChI=1S/C27H36N2O3/c30-26(27(31,24-13-5-6-14-24)23-11-3-1-4-12-23)32-21-22(25-15-7-8-17-28-25)16-20-29-18-9-2-10-19-29/h1,3-4,7-8,11-12,15,17,22,24,31H,2,5-6,9-10,13-14,16,18-21H2/t22-,27?/m0/s1. The van der Waals surface area contributed by atoms with E-state index in [1.54, 1.807) is 6.20 Å². The second kappa shape index (κ2) is 11.1. The summed E-state index contributed by atoms with van der Waals surface area (Å²) < 4.78 is 5.88. The van der Waals surface area contributed by atoms with Gasteiger partial charge >= 0.3 is 5.97 Å². The number of nitrogens with zero attached hydrogens (tertiary/aromatic N) is 2. The number of aromatic nitrogens is 1. The molecule has 2 heterocycles. The van der Waals surface area contributed by atoms with Crippen molar-refractivity contribution in [2.75, 3.05) is 26.2 Å². The fourth-order valence-electron chi connectivity index (χ4n) is 5.30. The zero-order valence-electron chi connectivity index (χ0n) is 19.0. The Hall–Kier alpha value is -2.24. The maximum absolute atomic E-state index is 13.4. The van der Waals surface area contributed by atoms with Crippen molar-refractivity contribution >= 4 is 5.97 Å². The molecule has 5 nitrogen and oxygen atoms in total. The largest absolute Gasteiger partial charge is 0.463 e. The van der Waals surface area contributed by atoms with E-state index in [1.165, 1.54) is 19.3 Å². The lowest BCUT2D eigenvalue weighted by atomic mass is 9.80. The van der Waals surface area contributed by atoms with E-state index in [2.05, 4.69) is 9.88 Å². The van der Waals surface area contributed by atoms with Gasteiger partial charge in [0.1, 0.15) is 0 Å². The topological polar surface area (TPSA) is 62.7 Å². The van der Waals surface area contributed by atoms with Crippen molar-refractivity contribution < 1.29 is 14.6 Å². The number of carbonyl (C=O) groups excluding carboxylic acids is 1. The third-order valence-corrected chi connectivity index (χ3v) is 7.24.